The molecule has 1 aliphatic heterocycles. The number of rotatable bonds is 3. The van der Waals surface area contributed by atoms with Crippen LogP contribution in [0.5, 0.6) is 0 Å². The van der Waals surface area contributed by atoms with Crippen molar-refractivity contribution in [3.8, 4) is 0 Å². The molecule has 1 aliphatic rings. The average Bonchev–Trinajstić information content (AvgIpc) is 2.41. The topological polar surface area (TPSA) is 57.6 Å². The van der Waals surface area contributed by atoms with Crippen LogP contribution >= 0.6 is 15.9 Å². The van der Waals surface area contributed by atoms with Crippen LogP contribution in [0.4, 0.5) is 0 Å². The third-order valence-electron chi connectivity index (χ3n) is 3.45. The molecule has 0 unspecified atom stereocenters. The molecule has 1 aromatic carbocycles. The molecule has 0 spiro atoms. The summed E-state index contributed by atoms with van der Waals surface area (Å²) >= 11 is 3.36. The number of hydrogen-bond acceptors (Lipinski definition) is 3. The van der Waals surface area contributed by atoms with Crippen molar-refractivity contribution in [2.75, 3.05) is 13.1 Å². The van der Waals surface area contributed by atoms with Crippen LogP contribution in [0.25, 0.3) is 0 Å². The van der Waals surface area contributed by atoms with Gasteiger partial charge in [0.25, 0.3) is 0 Å². The van der Waals surface area contributed by atoms with E-state index >= 15 is 0 Å². The highest BCUT2D eigenvalue weighted by molar-refractivity contribution is 9.10. The van der Waals surface area contributed by atoms with Crippen LogP contribution in [-0.4, -0.2) is 30.9 Å². The van der Waals surface area contributed by atoms with Gasteiger partial charge in [0.05, 0.1) is 11.5 Å². The minimum Gasteiger partial charge on any atom is -0.392 e. The van der Waals surface area contributed by atoms with E-state index in [0.717, 1.165) is 12.0 Å². The van der Waals surface area contributed by atoms with Crippen molar-refractivity contribution in [1.29, 1.82) is 0 Å². The zero-order valence-corrected chi connectivity index (χ0v) is 14.0. The number of benzene rings is 1. The fraction of sp³-hybridized carbons (Fsp3) is 0.429. The van der Waals surface area contributed by atoms with E-state index in [0.29, 0.717) is 28.7 Å². The van der Waals surface area contributed by atoms with Gasteiger partial charge in [0.15, 0.2) is 0 Å². The summed E-state index contributed by atoms with van der Waals surface area (Å²) in [6.45, 7) is 4.46. The molecule has 0 bridgehead atoms. The van der Waals surface area contributed by atoms with E-state index in [4.69, 9.17) is 0 Å². The highest BCUT2D eigenvalue weighted by Crippen LogP contribution is 2.29. The first-order valence-corrected chi connectivity index (χ1v) is 8.65. The minimum absolute atomic E-state index is 0.180. The molecule has 0 amide bonds. The predicted octanol–water partition coefficient (Wildman–Crippen LogP) is 2.59. The van der Waals surface area contributed by atoms with Gasteiger partial charge in [-0.05, 0) is 43.5 Å². The predicted molar refractivity (Wildman–Crippen MR) is 81.9 cm³/mol. The van der Waals surface area contributed by atoms with Gasteiger partial charge in [0.2, 0.25) is 10.0 Å². The number of aliphatic hydroxyl groups is 1. The standard InChI is InChI=1S/C14H18BrNO3S/c1-10-4-3-5-16(8-10)20(18,19)14-7-12(9-17)6-13(15)11(14)2/h4,6-7,17H,3,5,8-9H2,1-2H3. The second-order valence-corrected chi connectivity index (χ2v) is 7.80. The lowest BCUT2D eigenvalue weighted by atomic mass is 10.2. The summed E-state index contributed by atoms with van der Waals surface area (Å²) in [5, 5.41) is 9.26. The summed E-state index contributed by atoms with van der Waals surface area (Å²) in [6, 6.07) is 3.30. The van der Waals surface area contributed by atoms with E-state index in [-0.39, 0.29) is 11.5 Å². The zero-order valence-electron chi connectivity index (χ0n) is 11.6. The monoisotopic (exact) mass is 359 g/mol. The highest BCUT2D eigenvalue weighted by Gasteiger charge is 2.28. The molecule has 1 aromatic rings. The summed E-state index contributed by atoms with van der Waals surface area (Å²) in [6.07, 6.45) is 2.81. The fourth-order valence-corrected chi connectivity index (χ4v) is 4.72. The number of sulfonamides is 1. The molecule has 0 fully saturated rings. The van der Waals surface area contributed by atoms with E-state index in [9.17, 15) is 13.5 Å². The van der Waals surface area contributed by atoms with Crippen LogP contribution in [0.2, 0.25) is 0 Å². The fourth-order valence-electron chi connectivity index (χ4n) is 2.29. The first-order chi connectivity index (χ1) is 9.36. The Balaban J connectivity index is 2.49. The van der Waals surface area contributed by atoms with Gasteiger partial charge in [0, 0.05) is 17.6 Å². The summed E-state index contributed by atoms with van der Waals surface area (Å²) < 4.78 is 27.7. The molecule has 1 N–H and O–H groups in total. The quantitative estimate of drug-likeness (QED) is 0.843. The van der Waals surface area contributed by atoms with E-state index in [2.05, 4.69) is 22.0 Å². The molecule has 110 valence electrons. The molecule has 4 nitrogen and oxygen atoms in total. The first-order valence-electron chi connectivity index (χ1n) is 6.42. The van der Waals surface area contributed by atoms with Crippen molar-refractivity contribution >= 4 is 26.0 Å². The Labute approximate surface area is 128 Å². The van der Waals surface area contributed by atoms with Crippen LogP contribution in [-0.2, 0) is 16.6 Å². The molecule has 0 aliphatic carbocycles. The van der Waals surface area contributed by atoms with Gasteiger partial charge in [-0.1, -0.05) is 27.6 Å². The summed E-state index contributed by atoms with van der Waals surface area (Å²) in [5.74, 6) is 0. The van der Waals surface area contributed by atoms with Crippen molar-refractivity contribution in [3.05, 3.63) is 39.4 Å². The Morgan fingerprint density at radius 2 is 2.05 bits per heavy atom. The lowest BCUT2D eigenvalue weighted by Crippen LogP contribution is -2.35. The van der Waals surface area contributed by atoms with E-state index in [1.54, 1.807) is 19.1 Å². The first kappa shape index (κ1) is 15.7. The molecule has 1 heterocycles. The highest BCUT2D eigenvalue weighted by atomic mass is 79.9. The summed E-state index contributed by atoms with van der Waals surface area (Å²) in [7, 11) is -3.53. The van der Waals surface area contributed by atoms with E-state index < -0.39 is 10.0 Å². The largest absolute Gasteiger partial charge is 0.392 e. The molecule has 0 aromatic heterocycles. The molecule has 2 rings (SSSR count). The molecule has 6 heteroatoms. The van der Waals surface area contributed by atoms with Crippen LogP contribution < -0.4 is 0 Å². The summed E-state index contributed by atoms with van der Waals surface area (Å²) in [4.78, 5) is 0.269. The maximum Gasteiger partial charge on any atom is 0.243 e. The number of nitrogens with zero attached hydrogens (tertiary/aromatic N) is 1. The van der Waals surface area contributed by atoms with E-state index in [1.807, 2.05) is 6.92 Å². The van der Waals surface area contributed by atoms with Gasteiger partial charge >= 0.3 is 0 Å². The maximum atomic E-state index is 12.8. The van der Waals surface area contributed by atoms with Gasteiger partial charge in [0.1, 0.15) is 0 Å². The van der Waals surface area contributed by atoms with Gasteiger partial charge in [-0.2, -0.15) is 4.31 Å². The lowest BCUT2D eigenvalue weighted by Gasteiger charge is -2.26. The molecule has 0 radical (unpaired) electrons. The number of hydrogen-bond donors (Lipinski definition) is 1. The average molecular weight is 360 g/mol. The Hall–Kier alpha value is -0.690. The van der Waals surface area contributed by atoms with Gasteiger partial charge in [-0.25, -0.2) is 8.42 Å². The van der Waals surface area contributed by atoms with Crippen LogP contribution in [0, 0.1) is 6.92 Å². The van der Waals surface area contributed by atoms with Gasteiger partial charge < -0.3 is 5.11 Å². The lowest BCUT2D eigenvalue weighted by molar-refractivity contribution is 0.281. The van der Waals surface area contributed by atoms with Gasteiger partial charge in [-0.15, -0.1) is 0 Å². The molecular weight excluding hydrogens is 342 g/mol. The number of aliphatic hydroxyl groups excluding tert-OH is 1. The Kier molecular flexibility index (Phi) is 4.69. The molecule has 0 saturated carbocycles. The van der Waals surface area contributed by atoms with Crippen LogP contribution in [0.3, 0.4) is 0 Å². The van der Waals surface area contributed by atoms with Crippen molar-refractivity contribution in [1.82, 2.24) is 4.31 Å². The second kappa shape index (κ2) is 5.97. The zero-order chi connectivity index (χ0) is 14.9. The van der Waals surface area contributed by atoms with Crippen molar-refractivity contribution in [3.63, 3.8) is 0 Å². The smallest absolute Gasteiger partial charge is 0.243 e. The Morgan fingerprint density at radius 1 is 1.35 bits per heavy atom. The SMILES string of the molecule is CC1=CCCN(S(=O)(=O)c2cc(CO)cc(Br)c2C)C1. The van der Waals surface area contributed by atoms with Crippen molar-refractivity contribution < 1.29 is 13.5 Å². The third kappa shape index (κ3) is 2.98. The number of halogens is 1. The Bertz CT molecular complexity index is 653. The third-order valence-corrected chi connectivity index (χ3v) is 6.25. The Morgan fingerprint density at radius 3 is 2.65 bits per heavy atom. The van der Waals surface area contributed by atoms with Gasteiger partial charge in [-0.3, -0.25) is 0 Å². The summed E-state index contributed by atoms with van der Waals surface area (Å²) in [5.41, 5.74) is 2.33. The van der Waals surface area contributed by atoms with E-state index in [1.165, 1.54) is 4.31 Å². The normalized spacial score (nSPS) is 17.1. The molecule has 0 saturated heterocycles. The molecular formula is C14H18BrNO3S. The maximum absolute atomic E-state index is 12.8. The van der Waals surface area contributed by atoms with Crippen LogP contribution in [0.15, 0.2) is 33.2 Å². The minimum atomic E-state index is -3.53. The van der Waals surface area contributed by atoms with Crippen molar-refractivity contribution in [2.24, 2.45) is 0 Å². The second-order valence-electron chi connectivity index (χ2n) is 5.04. The van der Waals surface area contributed by atoms with Crippen LogP contribution in [0.1, 0.15) is 24.5 Å². The molecule has 20 heavy (non-hydrogen) atoms. The molecule has 0 atom stereocenters. The van der Waals surface area contributed by atoms with Crippen molar-refractivity contribution in [2.45, 2.75) is 31.8 Å².